The molecule has 0 fully saturated rings. The van der Waals surface area contributed by atoms with Gasteiger partial charge < -0.3 is 0 Å². The summed E-state index contributed by atoms with van der Waals surface area (Å²) in [7, 11) is 0. The molecular weight excluding hydrogens is 250 g/mol. The average molecular weight is 261 g/mol. The van der Waals surface area contributed by atoms with Crippen molar-refractivity contribution in [3.8, 4) is 11.3 Å². The number of nitro groups is 1. The molecule has 18 heavy (non-hydrogen) atoms. The zero-order valence-corrected chi connectivity index (χ0v) is 10.7. The van der Waals surface area contributed by atoms with Crippen LogP contribution in [0.15, 0.2) is 24.3 Å². The van der Waals surface area contributed by atoms with E-state index >= 15 is 0 Å². The van der Waals surface area contributed by atoms with Gasteiger partial charge in [0.15, 0.2) is 0 Å². The van der Waals surface area contributed by atoms with Crippen molar-refractivity contribution < 1.29 is 4.92 Å². The smallest absolute Gasteiger partial charge is 0.267 e. The third-order valence-corrected chi connectivity index (χ3v) is 3.26. The minimum Gasteiger partial charge on any atom is -0.267 e. The van der Waals surface area contributed by atoms with Crippen molar-refractivity contribution in [2.24, 2.45) is 0 Å². The maximum Gasteiger partial charge on any atom is 0.270 e. The molecule has 0 bridgehead atoms. The van der Waals surface area contributed by atoms with Gasteiger partial charge in [-0.1, -0.05) is 24.4 Å². The largest absolute Gasteiger partial charge is 0.270 e. The second-order valence-corrected chi connectivity index (χ2v) is 4.37. The van der Waals surface area contributed by atoms with Crippen LogP contribution in [0.1, 0.15) is 11.1 Å². The van der Waals surface area contributed by atoms with Crippen molar-refractivity contribution in [3.05, 3.63) is 50.1 Å². The zero-order chi connectivity index (χ0) is 13.3. The third-order valence-electron chi connectivity index (χ3n) is 2.86. The first-order valence-corrected chi connectivity index (χ1v) is 5.72. The molecule has 2 rings (SSSR count). The lowest BCUT2D eigenvalue weighted by Crippen LogP contribution is -1.97. The Bertz CT molecular complexity index is 679. The summed E-state index contributed by atoms with van der Waals surface area (Å²) in [6.45, 7) is 3.80. The van der Waals surface area contributed by atoms with Crippen molar-refractivity contribution in [1.82, 2.24) is 10.2 Å². The highest BCUT2D eigenvalue weighted by atomic mass is 32.1. The van der Waals surface area contributed by atoms with Gasteiger partial charge in [-0.3, -0.25) is 15.2 Å². The highest BCUT2D eigenvalue weighted by Crippen LogP contribution is 2.25. The Kier molecular flexibility index (Phi) is 3.20. The molecule has 1 heterocycles. The molecule has 5 nitrogen and oxygen atoms in total. The van der Waals surface area contributed by atoms with Crippen LogP contribution < -0.4 is 0 Å². The topological polar surface area (TPSA) is 71.8 Å². The summed E-state index contributed by atoms with van der Waals surface area (Å²) in [5.41, 5.74) is 3.30. The van der Waals surface area contributed by atoms with Gasteiger partial charge in [-0.05, 0) is 25.0 Å². The fourth-order valence-electron chi connectivity index (χ4n) is 1.67. The Balaban J connectivity index is 2.62. The normalized spacial score (nSPS) is 10.3. The van der Waals surface area contributed by atoms with Crippen molar-refractivity contribution in [2.45, 2.75) is 13.8 Å². The fourth-order valence-corrected chi connectivity index (χ4v) is 1.87. The summed E-state index contributed by atoms with van der Waals surface area (Å²) in [5, 5.41) is 17.7. The number of benzene rings is 1. The van der Waals surface area contributed by atoms with Crippen LogP contribution in [0.5, 0.6) is 0 Å². The Hall–Kier alpha value is -2.08. The van der Waals surface area contributed by atoms with E-state index in [4.69, 9.17) is 12.2 Å². The summed E-state index contributed by atoms with van der Waals surface area (Å²) >= 11 is 5.09. The number of rotatable bonds is 2. The lowest BCUT2D eigenvalue weighted by molar-refractivity contribution is -0.384. The number of non-ortho nitro benzene ring substituents is 1. The first-order chi connectivity index (χ1) is 8.50. The van der Waals surface area contributed by atoms with Crippen molar-refractivity contribution in [1.29, 1.82) is 0 Å². The summed E-state index contributed by atoms with van der Waals surface area (Å²) in [5.74, 6) is 0. The molecule has 0 radical (unpaired) electrons. The maximum atomic E-state index is 10.8. The third kappa shape index (κ3) is 2.14. The molecule has 92 valence electrons. The first kappa shape index (κ1) is 12.4. The van der Waals surface area contributed by atoms with Gasteiger partial charge in [0, 0.05) is 17.7 Å². The summed E-state index contributed by atoms with van der Waals surface area (Å²) in [6.07, 6.45) is 0. The van der Waals surface area contributed by atoms with Crippen LogP contribution in [0.4, 0.5) is 5.69 Å². The Morgan fingerprint density at radius 1 is 1.33 bits per heavy atom. The molecule has 0 spiro atoms. The summed E-state index contributed by atoms with van der Waals surface area (Å²) in [4.78, 5) is 10.3. The molecular formula is C12H11N3O2S. The van der Waals surface area contributed by atoms with E-state index in [2.05, 4.69) is 10.2 Å². The Morgan fingerprint density at radius 3 is 2.72 bits per heavy atom. The molecule has 6 heteroatoms. The monoisotopic (exact) mass is 261 g/mol. The van der Waals surface area contributed by atoms with Crippen LogP contribution in [0.2, 0.25) is 0 Å². The van der Waals surface area contributed by atoms with E-state index in [0.717, 1.165) is 11.1 Å². The molecule has 0 unspecified atom stereocenters. The van der Waals surface area contributed by atoms with E-state index in [1.165, 1.54) is 12.1 Å². The number of aromatic nitrogens is 2. The summed E-state index contributed by atoms with van der Waals surface area (Å²) < 4.78 is 0.585. The zero-order valence-electron chi connectivity index (χ0n) is 9.93. The van der Waals surface area contributed by atoms with Gasteiger partial charge in [0.25, 0.3) is 5.69 Å². The molecule has 1 aromatic heterocycles. The minimum atomic E-state index is -0.420. The van der Waals surface area contributed by atoms with E-state index in [0.29, 0.717) is 15.9 Å². The molecule has 1 aromatic carbocycles. The second kappa shape index (κ2) is 4.66. The van der Waals surface area contributed by atoms with Gasteiger partial charge in [0.05, 0.1) is 10.6 Å². The van der Waals surface area contributed by atoms with Crippen LogP contribution >= 0.6 is 12.2 Å². The highest BCUT2D eigenvalue weighted by Gasteiger charge is 2.11. The molecule has 0 saturated heterocycles. The van der Waals surface area contributed by atoms with Gasteiger partial charge in [-0.15, -0.1) is 0 Å². The number of hydrogen-bond acceptors (Lipinski definition) is 4. The van der Waals surface area contributed by atoms with Gasteiger partial charge >= 0.3 is 0 Å². The molecule has 2 aromatic rings. The summed E-state index contributed by atoms with van der Waals surface area (Å²) in [6, 6.07) is 6.40. The number of hydrogen-bond donors (Lipinski definition) is 1. The van der Waals surface area contributed by atoms with E-state index in [1.54, 1.807) is 12.1 Å². The minimum absolute atomic E-state index is 0.0498. The lowest BCUT2D eigenvalue weighted by Gasteiger charge is -2.07. The van der Waals surface area contributed by atoms with Crippen LogP contribution in [0.25, 0.3) is 11.3 Å². The quantitative estimate of drug-likeness (QED) is 0.511. The number of aromatic amines is 1. The molecule has 0 atom stereocenters. The van der Waals surface area contributed by atoms with Crippen LogP contribution in [0, 0.1) is 28.6 Å². The van der Waals surface area contributed by atoms with Crippen LogP contribution in [-0.2, 0) is 0 Å². The van der Waals surface area contributed by atoms with Crippen molar-refractivity contribution >= 4 is 17.9 Å². The first-order valence-electron chi connectivity index (χ1n) is 5.31. The standard InChI is InChI=1S/C12H11N3O2S/c1-7-8(2)12(18)14-13-11(7)9-4-3-5-10(6-9)15(16)17/h3-6H,1-2H3,(H,14,18). The van der Waals surface area contributed by atoms with E-state index in [9.17, 15) is 10.1 Å². The average Bonchev–Trinajstić information content (AvgIpc) is 2.36. The lowest BCUT2D eigenvalue weighted by atomic mass is 10.0. The van der Waals surface area contributed by atoms with Crippen LogP contribution in [-0.4, -0.2) is 15.1 Å². The van der Waals surface area contributed by atoms with E-state index < -0.39 is 4.92 Å². The number of nitrogens with one attached hydrogen (secondary N) is 1. The van der Waals surface area contributed by atoms with Crippen molar-refractivity contribution in [2.75, 3.05) is 0 Å². The number of H-pyrrole nitrogens is 1. The Morgan fingerprint density at radius 2 is 2.06 bits per heavy atom. The van der Waals surface area contributed by atoms with Gasteiger partial charge in [0.1, 0.15) is 4.64 Å². The van der Waals surface area contributed by atoms with E-state index in [1.807, 2.05) is 13.8 Å². The number of nitro benzene ring substituents is 1. The van der Waals surface area contributed by atoms with E-state index in [-0.39, 0.29) is 5.69 Å². The molecule has 0 aliphatic carbocycles. The highest BCUT2D eigenvalue weighted by molar-refractivity contribution is 7.71. The van der Waals surface area contributed by atoms with Crippen LogP contribution in [0.3, 0.4) is 0 Å². The molecule has 0 saturated carbocycles. The van der Waals surface area contributed by atoms with Gasteiger partial charge in [-0.25, -0.2) is 0 Å². The molecule has 0 aliphatic heterocycles. The maximum absolute atomic E-state index is 10.8. The Labute approximate surface area is 109 Å². The van der Waals surface area contributed by atoms with Gasteiger partial charge in [-0.2, -0.15) is 5.10 Å². The fraction of sp³-hybridized carbons (Fsp3) is 0.167. The SMILES string of the molecule is Cc1c(-c2cccc([N+](=O)[O-])c2)n[nH]c(=S)c1C. The molecule has 1 N–H and O–H groups in total. The van der Waals surface area contributed by atoms with Crippen molar-refractivity contribution in [3.63, 3.8) is 0 Å². The molecule has 0 aliphatic rings. The predicted molar refractivity (Wildman–Crippen MR) is 71.0 cm³/mol. The van der Waals surface area contributed by atoms with Gasteiger partial charge in [0.2, 0.25) is 0 Å². The second-order valence-electron chi connectivity index (χ2n) is 3.96. The predicted octanol–water partition coefficient (Wildman–Crippen LogP) is 3.33. The number of nitrogens with zero attached hydrogens (tertiary/aromatic N) is 2. The molecule has 0 amide bonds.